The van der Waals surface area contributed by atoms with Gasteiger partial charge in [0.25, 0.3) is 0 Å². The normalized spacial score (nSPS) is 21.5. The van der Waals surface area contributed by atoms with Gasteiger partial charge in [-0.3, -0.25) is 9.89 Å². The van der Waals surface area contributed by atoms with Gasteiger partial charge in [0.05, 0.1) is 6.54 Å². The molecule has 30 heavy (non-hydrogen) atoms. The lowest BCUT2D eigenvalue weighted by atomic mass is 9.88. The van der Waals surface area contributed by atoms with Gasteiger partial charge in [0, 0.05) is 38.9 Å². The molecule has 0 atom stereocenters. The van der Waals surface area contributed by atoms with Gasteiger partial charge in [0.1, 0.15) is 13.2 Å². The second kappa shape index (κ2) is 9.88. The van der Waals surface area contributed by atoms with Crippen LogP contribution in [-0.4, -0.2) is 81.0 Å². The van der Waals surface area contributed by atoms with Crippen molar-refractivity contribution in [2.45, 2.75) is 44.7 Å². The lowest BCUT2D eigenvalue weighted by Gasteiger charge is -2.43. The molecule has 1 aromatic rings. The number of benzene rings is 1. The maximum atomic E-state index is 5.74. The number of likely N-dealkylation sites (tertiary alicyclic amines) is 1. The highest BCUT2D eigenvalue weighted by atomic mass is 16.6. The number of ether oxygens (including phenoxy) is 3. The van der Waals surface area contributed by atoms with Crippen LogP contribution in [0.5, 0.6) is 11.5 Å². The second-order valence-corrected chi connectivity index (χ2v) is 8.54. The standard InChI is InChI=1S/C23H36N4O3/c1-3-24-22(25-18-23(8-12-28-13-9-23)27-10-4-5-11-27)26(2)17-19-6-7-20-21(16-19)30-15-14-29-20/h6-7,16H,3-5,8-15,17-18H2,1-2H3,(H,24,25). The summed E-state index contributed by atoms with van der Waals surface area (Å²) in [6.45, 7) is 9.87. The van der Waals surface area contributed by atoms with Crippen molar-refractivity contribution in [3.05, 3.63) is 23.8 Å². The van der Waals surface area contributed by atoms with Crippen LogP contribution in [0.2, 0.25) is 0 Å². The number of fused-ring (bicyclic) bond motifs is 1. The number of hydrogen-bond acceptors (Lipinski definition) is 5. The third kappa shape index (κ3) is 4.83. The Morgan fingerprint density at radius 1 is 1.10 bits per heavy atom. The van der Waals surface area contributed by atoms with Gasteiger partial charge in [-0.2, -0.15) is 0 Å². The van der Waals surface area contributed by atoms with E-state index in [0.29, 0.717) is 13.2 Å². The third-order valence-electron chi connectivity index (χ3n) is 6.45. The topological polar surface area (TPSA) is 58.6 Å². The molecule has 2 saturated heterocycles. The lowest BCUT2D eigenvalue weighted by molar-refractivity contribution is -0.0139. The molecule has 0 bridgehead atoms. The smallest absolute Gasteiger partial charge is 0.194 e. The highest BCUT2D eigenvalue weighted by molar-refractivity contribution is 5.79. The first-order valence-corrected chi connectivity index (χ1v) is 11.4. The minimum Gasteiger partial charge on any atom is -0.486 e. The van der Waals surface area contributed by atoms with Crippen LogP contribution in [0.25, 0.3) is 0 Å². The number of rotatable bonds is 6. The first kappa shape index (κ1) is 21.2. The Hall–Kier alpha value is -1.99. The van der Waals surface area contributed by atoms with Crippen molar-refractivity contribution in [2.75, 3.05) is 59.7 Å². The number of nitrogens with one attached hydrogen (secondary N) is 1. The molecule has 7 heteroatoms. The molecule has 0 amide bonds. The van der Waals surface area contributed by atoms with Crippen LogP contribution in [-0.2, 0) is 11.3 Å². The van der Waals surface area contributed by atoms with E-state index in [1.807, 2.05) is 6.07 Å². The maximum Gasteiger partial charge on any atom is 0.194 e. The molecule has 0 radical (unpaired) electrons. The number of guanidine groups is 1. The van der Waals surface area contributed by atoms with Crippen molar-refractivity contribution in [1.82, 2.24) is 15.1 Å². The SMILES string of the molecule is CCNC(=NCC1(N2CCCC2)CCOCC1)N(C)Cc1ccc2c(c1)OCCO2. The van der Waals surface area contributed by atoms with Gasteiger partial charge in [0.2, 0.25) is 0 Å². The predicted molar refractivity (Wildman–Crippen MR) is 118 cm³/mol. The summed E-state index contributed by atoms with van der Waals surface area (Å²) in [4.78, 5) is 9.99. The molecule has 3 aliphatic rings. The summed E-state index contributed by atoms with van der Waals surface area (Å²) < 4.78 is 17.1. The van der Waals surface area contributed by atoms with E-state index in [0.717, 1.165) is 63.1 Å². The molecular formula is C23H36N4O3. The summed E-state index contributed by atoms with van der Waals surface area (Å²) in [6, 6.07) is 6.20. The largest absolute Gasteiger partial charge is 0.486 e. The first-order chi connectivity index (χ1) is 14.7. The maximum absolute atomic E-state index is 5.74. The molecule has 0 unspecified atom stereocenters. The van der Waals surface area contributed by atoms with Crippen LogP contribution in [0, 0.1) is 0 Å². The van der Waals surface area contributed by atoms with Crippen molar-refractivity contribution in [3.63, 3.8) is 0 Å². The van der Waals surface area contributed by atoms with Crippen LogP contribution in [0.15, 0.2) is 23.2 Å². The van der Waals surface area contributed by atoms with Crippen LogP contribution in [0.4, 0.5) is 0 Å². The van der Waals surface area contributed by atoms with Gasteiger partial charge in [-0.1, -0.05) is 6.07 Å². The van der Waals surface area contributed by atoms with Gasteiger partial charge in [0.15, 0.2) is 17.5 Å². The van der Waals surface area contributed by atoms with E-state index in [1.165, 1.54) is 31.5 Å². The minimum absolute atomic E-state index is 0.146. The Kier molecular flexibility index (Phi) is 7.00. The molecule has 0 aromatic heterocycles. The van der Waals surface area contributed by atoms with Crippen molar-refractivity contribution >= 4 is 5.96 Å². The van der Waals surface area contributed by atoms with E-state index >= 15 is 0 Å². The Morgan fingerprint density at radius 2 is 1.83 bits per heavy atom. The molecule has 166 valence electrons. The van der Waals surface area contributed by atoms with Crippen molar-refractivity contribution in [3.8, 4) is 11.5 Å². The predicted octanol–water partition coefficient (Wildman–Crippen LogP) is 2.50. The zero-order chi connectivity index (χ0) is 20.8. The van der Waals surface area contributed by atoms with Crippen LogP contribution >= 0.6 is 0 Å². The Balaban J connectivity index is 1.46. The Morgan fingerprint density at radius 3 is 2.57 bits per heavy atom. The van der Waals surface area contributed by atoms with Crippen molar-refractivity contribution in [1.29, 1.82) is 0 Å². The number of aliphatic imine (C=N–C) groups is 1. The third-order valence-corrected chi connectivity index (χ3v) is 6.45. The molecule has 3 heterocycles. The number of hydrogen-bond donors (Lipinski definition) is 1. The van der Waals surface area contributed by atoms with E-state index in [-0.39, 0.29) is 5.54 Å². The van der Waals surface area contributed by atoms with Crippen molar-refractivity contribution < 1.29 is 14.2 Å². The Bertz CT molecular complexity index is 727. The van der Waals surface area contributed by atoms with Gasteiger partial charge in [-0.05, 0) is 63.4 Å². The fraction of sp³-hybridized carbons (Fsp3) is 0.696. The lowest BCUT2D eigenvalue weighted by Crippen LogP contribution is -2.54. The van der Waals surface area contributed by atoms with Crippen molar-refractivity contribution in [2.24, 2.45) is 4.99 Å². The summed E-state index contributed by atoms with van der Waals surface area (Å²) in [5, 5.41) is 3.48. The molecule has 2 fully saturated rings. The second-order valence-electron chi connectivity index (χ2n) is 8.54. The van der Waals surface area contributed by atoms with Crippen LogP contribution in [0.3, 0.4) is 0 Å². The van der Waals surface area contributed by atoms with Gasteiger partial charge in [-0.25, -0.2) is 0 Å². The summed E-state index contributed by atoms with van der Waals surface area (Å²) in [5.74, 6) is 2.63. The molecule has 1 aromatic carbocycles. The summed E-state index contributed by atoms with van der Waals surface area (Å²) in [5.41, 5.74) is 1.33. The highest BCUT2D eigenvalue weighted by Gasteiger charge is 2.39. The molecule has 0 spiro atoms. The van der Waals surface area contributed by atoms with Gasteiger partial charge in [-0.15, -0.1) is 0 Å². The van der Waals surface area contributed by atoms with Gasteiger partial charge >= 0.3 is 0 Å². The molecule has 4 rings (SSSR count). The average Bonchev–Trinajstić information content (AvgIpc) is 3.33. The molecular weight excluding hydrogens is 380 g/mol. The summed E-state index contributed by atoms with van der Waals surface area (Å²) in [7, 11) is 2.10. The zero-order valence-corrected chi connectivity index (χ0v) is 18.5. The highest BCUT2D eigenvalue weighted by Crippen LogP contribution is 2.32. The minimum atomic E-state index is 0.146. The van der Waals surface area contributed by atoms with Gasteiger partial charge < -0.3 is 24.4 Å². The van der Waals surface area contributed by atoms with E-state index in [9.17, 15) is 0 Å². The summed E-state index contributed by atoms with van der Waals surface area (Å²) in [6.07, 6.45) is 4.75. The van der Waals surface area contributed by atoms with E-state index in [2.05, 4.69) is 41.2 Å². The molecule has 7 nitrogen and oxygen atoms in total. The van der Waals surface area contributed by atoms with Crippen LogP contribution in [0.1, 0.15) is 38.2 Å². The quantitative estimate of drug-likeness (QED) is 0.568. The van der Waals surface area contributed by atoms with Crippen LogP contribution < -0.4 is 14.8 Å². The van der Waals surface area contributed by atoms with E-state index < -0.39 is 0 Å². The molecule has 0 aliphatic carbocycles. The molecule has 0 saturated carbocycles. The fourth-order valence-corrected chi connectivity index (χ4v) is 4.74. The zero-order valence-electron chi connectivity index (χ0n) is 18.5. The van der Waals surface area contributed by atoms with E-state index in [1.54, 1.807) is 0 Å². The summed E-state index contributed by atoms with van der Waals surface area (Å²) >= 11 is 0. The number of nitrogens with zero attached hydrogens (tertiary/aromatic N) is 3. The van der Waals surface area contributed by atoms with E-state index in [4.69, 9.17) is 19.2 Å². The molecule has 3 aliphatic heterocycles. The average molecular weight is 417 g/mol. The molecule has 1 N–H and O–H groups in total. The fourth-order valence-electron chi connectivity index (χ4n) is 4.74. The Labute approximate surface area is 180 Å². The first-order valence-electron chi connectivity index (χ1n) is 11.4. The monoisotopic (exact) mass is 416 g/mol.